The average Bonchev–Trinajstić information content (AvgIpc) is 2.77. The summed E-state index contributed by atoms with van der Waals surface area (Å²) < 4.78 is 6.27. The quantitative estimate of drug-likeness (QED) is 0.749. The predicted molar refractivity (Wildman–Crippen MR) is 67.1 cm³/mol. The minimum Gasteiger partial charge on any atom is -0.369 e. The molecule has 2 nitrogen and oxygen atoms in total. The first-order valence-corrected chi connectivity index (χ1v) is 6.95. The van der Waals surface area contributed by atoms with Crippen molar-refractivity contribution in [3.8, 4) is 0 Å². The second kappa shape index (κ2) is 3.56. The number of thiophene rings is 1. The van der Waals surface area contributed by atoms with E-state index in [0.717, 1.165) is 32.5 Å². The topological polar surface area (TPSA) is 21.3 Å². The van der Waals surface area contributed by atoms with Gasteiger partial charge in [0.25, 0.3) is 0 Å². The van der Waals surface area contributed by atoms with Crippen LogP contribution in [0.4, 0.5) is 0 Å². The van der Waals surface area contributed by atoms with Gasteiger partial charge in [-0.3, -0.25) is 0 Å². The fourth-order valence-electron chi connectivity index (χ4n) is 2.90. The highest BCUT2D eigenvalue weighted by Gasteiger charge is 2.45. The van der Waals surface area contributed by atoms with E-state index in [0.29, 0.717) is 0 Å². The van der Waals surface area contributed by atoms with E-state index in [1.54, 1.807) is 4.88 Å². The van der Waals surface area contributed by atoms with E-state index < -0.39 is 0 Å². The minimum atomic E-state index is 0.0239. The third kappa shape index (κ3) is 1.45. The van der Waals surface area contributed by atoms with Crippen LogP contribution in [-0.2, 0) is 15.8 Å². The molecule has 3 heteroatoms. The molecule has 0 bridgehead atoms. The van der Waals surface area contributed by atoms with Crippen molar-refractivity contribution in [1.29, 1.82) is 0 Å². The maximum atomic E-state index is 6.27. The average molecular weight is 237 g/mol. The summed E-state index contributed by atoms with van der Waals surface area (Å²) in [6.45, 7) is 7.60. The van der Waals surface area contributed by atoms with Gasteiger partial charge in [0.2, 0.25) is 0 Å². The number of rotatable bonds is 0. The Balaban J connectivity index is 2.06. The molecule has 16 heavy (non-hydrogen) atoms. The summed E-state index contributed by atoms with van der Waals surface area (Å²) >= 11 is 1.90. The lowest BCUT2D eigenvalue weighted by molar-refractivity contribution is -0.100. The molecule has 0 saturated carbocycles. The van der Waals surface area contributed by atoms with Crippen molar-refractivity contribution < 1.29 is 4.74 Å². The molecule has 0 radical (unpaired) electrons. The fourth-order valence-corrected chi connectivity index (χ4v) is 4.00. The van der Waals surface area contributed by atoms with Crippen molar-refractivity contribution in [1.82, 2.24) is 5.32 Å². The van der Waals surface area contributed by atoms with Gasteiger partial charge in [-0.2, -0.15) is 0 Å². The number of nitrogens with one attached hydrogen (secondary N) is 1. The van der Waals surface area contributed by atoms with Crippen LogP contribution in [0.3, 0.4) is 0 Å². The van der Waals surface area contributed by atoms with Gasteiger partial charge in [0.05, 0.1) is 12.2 Å². The van der Waals surface area contributed by atoms with Gasteiger partial charge in [-0.25, -0.2) is 0 Å². The van der Waals surface area contributed by atoms with Crippen molar-refractivity contribution in [3.05, 3.63) is 21.9 Å². The summed E-state index contributed by atoms with van der Waals surface area (Å²) in [6.07, 6.45) is 2.24. The van der Waals surface area contributed by atoms with Gasteiger partial charge in [-0.15, -0.1) is 11.3 Å². The zero-order valence-electron chi connectivity index (χ0n) is 10.0. The summed E-state index contributed by atoms with van der Waals surface area (Å²) in [4.78, 5) is 1.54. The second-order valence-electron chi connectivity index (χ2n) is 5.58. The monoisotopic (exact) mass is 237 g/mol. The van der Waals surface area contributed by atoms with E-state index in [9.17, 15) is 0 Å². The summed E-state index contributed by atoms with van der Waals surface area (Å²) in [5, 5.41) is 5.65. The zero-order valence-corrected chi connectivity index (χ0v) is 10.8. The van der Waals surface area contributed by atoms with Crippen LogP contribution < -0.4 is 5.32 Å². The van der Waals surface area contributed by atoms with Gasteiger partial charge in [-0.1, -0.05) is 13.8 Å². The molecular weight excluding hydrogens is 218 g/mol. The lowest BCUT2D eigenvalue weighted by atomic mass is 9.76. The number of piperidine rings is 1. The van der Waals surface area contributed by atoms with Crippen molar-refractivity contribution in [2.75, 3.05) is 19.7 Å². The predicted octanol–water partition coefficient (Wildman–Crippen LogP) is 2.63. The van der Waals surface area contributed by atoms with Gasteiger partial charge in [-0.05, 0) is 42.9 Å². The first-order valence-electron chi connectivity index (χ1n) is 6.07. The van der Waals surface area contributed by atoms with Gasteiger partial charge in [0, 0.05) is 10.3 Å². The van der Waals surface area contributed by atoms with Crippen LogP contribution in [0.2, 0.25) is 0 Å². The van der Waals surface area contributed by atoms with E-state index in [-0.39, 0.29) is 11.0 Å². The molecule has 0 aliphatic carbocycles. The van der Waals surface area contributed by atoms with Crippen LogP contribution in [0.15, 0.2) is 11.4 Å². The Bertz CT molecular complexity index is 390. The molecular formula is C13H19NOS. The molecule has 0 aromatic carbocycles. The molecule has 1 N–H and O–H groups in total. The van der Waals surface area contributed by atoms with Crippen LogP contribution in [0.25, 0.3) is 0 Å². The second-order valence-corrected chi connectivity index (χ2v) is 6.50. The Hall–Kier alpha value is -0.380. The number of hydrogen-bond acceptors (Lipinski definition) is 3. The third-order valence-corrected chi connectivity index (χ3v) is 5.17. The molecule has 1 aromatic heterocycles. The highest BCUT2D eigenvalue weighted by molar-refractivity contribution is 7.10. The standard InChI is InChI=1S/C13H19NOS/c1-12(2)9-15-13(4-6-14-7-5-13)10-3-8-16-11(10)12/h3,8,14H,4-7,9H2,1-2H3. The van der Waals surface area contributed by atoms with Crippen LogP contribution >= 0.6 is 11.3 Å². The smallest absolute Gasteiger partial charge is 0.0966 e. The first kappa shape index (κ1) is 10.8. The summed E-state index contributed by atoms with van der Waals surface area (Å²) in [5.74, 6) is 0. The molecule has 3 rings (SSSR count). The largest absolute Gasteiger partial charge is 0.369 e. The van der Waals surface area contributed by atoms with E-state index in [4.69, 9.17) is 4.74 Å². The van der Waals surface area contributed by atoms with E-state index in [2.05, 4.69) is 30.6 Å². The summed E-state index contributed by atoms with van der Waals surface area (Å²) in [5.41, 5.74) is 1.69. The summed E-state index contributed by atoms with van der Waals surface area (Å²) in [7, 11) is 0. The maximum Gasteiger partial charge on any atom is 0.0966 e. The van der Waals surface area contributed by atoms with Crippen LogP contribution in [0, 0.1) is 0 Å². The van der Waals surface area contributed by atoms with Crippen molar-refractivity contribution >= 4 is 11.3 Å². The fraction of sp³-hybridized carbons (Fsp3) is 0.692. The molecule has 88 valence electrons. The Kier molecular flexibility index (Phi) is 2.39. The molecule has 1 aromatic rings. The number of fused-ring (bicyclic) bond motifs is 2. The maximum absolute atomic E-state index is 6.27. The molecule has 0 atom stereocenters. The molecule has 2 aliphatic rings. The lowest BCUT2D eigenvalue weighted by Crippen LogP contribution is -2.48. The van der Waals surface area contributed by atoms with Gasteiger partial charge < -0.3 is 10.1 Å². The van der Waals surface area contributed by atoms with Crippen LogP contribution in [0.1, 0.15) is 37.1 Å². The van der Waals surface area contributed by atoms with E-state index >= 15 is 0 Å². The highest BCUT2D eigenvalue weighted by Crippen LogP contribution is 2.47. The Morgan fingerprint density at radius 1 is 1.31 bits per heavy atom. The lowest BCUT2D eigenvalue weighted by Gasteiger charge is -2.45. The number of ether oxygens (including phenoxy) is 1. The Morgan fingerprint density at radius 2 is 2.06 bits per heavy atom. The minimum absolute atomic E-state index is 0.0239. The van der Waals surface area contributed by atoms with Gasteiger partial charge >= 0.3 is 0 Å². The molecule has 0 unspecified atom stereocenters. The molecule has 1 saturated heterocycles. The zero-order chi connectivity index (χ0) is 11.2. The normalized spacial score (nSPS) is 26.6. The van der Waals surface area contributed by atoms with Gasteiger partial charge in [0.1, 0.15) is 0 Å². The highest BCUT2D eigenvalue weighted by atomic mass is 32.1. The molecule has 3 heterocycles. The van der Waals surface area contributed by atoms with Gasteiger partial charge in [0.15, 0.2) is 0 Å². The van der Waals surface area contributed by atoms with E-state index in [1.165, 1.54) is 5.56 Å². The van der Waals surface area contributed by atoms with Crippen molar-refractivity contribution in [2.24, 2.45) is 0 Å². The van der Waals surface area contributed by atoms with Crippen LogP contribution in [0.5, 0.6) is 0 Å². The molecule has 0 amide bonds. The molecule has 2 aliphatic heterocycles. The van der Waals surface area contributed by atoms with Crippen LogP contribution in [-0.4, -0.2) is 19.7 Å². The van der Waals surface area contributed by atoms with Crippen molar-refractivity contribution in [3.63, 3.8) is 0 Å². The SMILES string of the molecule is CC1(C)COC2(CCNCC2)c2ccsc21. The third-order valence-electron chi connectivity index (χ3n) is 3.89. The first-order chi connectivity index (χ1) is 7.64. The Morgan fingerprint density at radius 3 is 2.81 bits per heavy atom. The molecule has 1 fully saturated rings. The van der Waals surface area contributed by atoms with E-state index in [1.807, 2.05) is 11.3 Å². The summed E-state index contributed by atoms with van der Waals surface area (Å²) in [6, 6.07) is 2.28. The Labute approximate surface area is 101 Å². The molecule has 1 spiro atoms. The number of hydrogen-bond donors (Lipinski definition) is 1. The van der Waals surface area contributed by atoms with Crippen molar-refractivity contribution in [2.45, 2.75) is 37.7 Å².